The van der Waals surface area contributed by atoms with Crippen LogP contribution < -0.4 is 15.4 Å². The van der Waals surface area contributed by atoms with Gasteiger partial charge in [-0.1, -0.05) is 42.0 Å². The second kappa shape index (κ2) is 12.5. The highest BCUT2D eigenvalue weighted by Gasteiger charge is 2.22. The Morgan fingerprint density at radius 1 is 1.10 bits per heavy atom. The molecule has 1 amide bonds. The molecule has 2 aromatic rings. The summed E-state index contributed by atoms with van der Waals surface area (Å²) in [6.07, 6.45) is 2.16. The van der Waals surface area contributed by atoms with Crippen molar-refractivity contribution in [3.63, 3.8) is 0 Å². The van der Waals surface area contributed by atoms with Crippen LogP contribution in [-0.4, -0.2) is 44.0 Å². The number of guanidine groups is 1. The minimum Gasteiger partial charge on any atom is -0.496 e. The number of hydrogen-bond acceptors (Lipinski definition) is 3. The van der Waals surface area contributed by atoms with E-state index in [1.165, 1.54) is 22.3 Å². The number of rotatable bonds is 8. The molecule has 0 fully saturated rings. The number of carbonyl (C=O) groups is 1. The van der Waals surface area contributed by atoms with Gasteiger partial charge in [-0.25, -0.2) is 0 Å². The molecule has 1 aliphatic rings. The average molecular weight is 536 g/mol. The number of methoxy groups -OCH3 is 1. The van der Waals surface area contributed by atoms with E-state index in [9.17, 15) is 4.79 Å². The van der Waals surface area contributed by atoms with Gasteiger partial charge in [-0.2, -0.15) is 0 Å². The number of fused-ring (bicyclic) bond motifs is 1. The van der Waals surface area contributed by atoms with Gasteiger partial charge in [-0.3, -0.25) is 9.79 Å². The first-order chi connectivity index (χ1) is 14.6. The van der Waals surface area contributed by atoms with Crippen LogP contribution in [-0.2, 0) is 24.3 Å². The van der Waals surface area contributed by atoms with Crippen LogP contribution in [0.15, 0.2) is 47.5 Å². The number of hydrogen-bond donors (Lipinski definition) is 2. The van der Waals surface area contributed by atoms with Crippen molar-refractivity contribution in [2.45, 2.75) is 39.3 Å². The number of nitrogens with one attached hydrogen (secondary N) is 2. The van der Waals surface area contributed by atoms with Crippen molar-refractivity contribution in [2.24, 2.45) is 4.99 Å². The third-order valence-electron chi connectivity index (χ3n) is 5.40. The molecule has 1 aliphatic heterocycles. The number of halogens is 1. The lowest BCUT2D eigenvalue weighted by Crippen LogP contribution is -2.39. The van der Waals surface area contributed by atoms with E-state index in [2.05, 4.69) is 46.8 Å². The van der Waals surface area contributed by atoms with E-state index in [0.717, 1.165) is 44.2 Å². The third kappa shape index (κ3) is 7.12. The molecule has 3 rings (SSSR count). The maximum atomic E-state index is 12.5. The van der Waals surface area contributed by atoms with Gasteiger partial charge in [0, 0.05) is 39.6 Å². The fourth-order valence-electron chi connectivity index (χ4n) is 3.75. The number of carbonyl (C=O) groups excluding carboxylic acids is 1. The summed E-state index contributed by atoms with van der Waals surface area (Å²) in [6.45, 7) is 5.01. The van der Waals surface area contributed by atoms with Crippen LogP contribution in [0.2, 0.25) is 0 Å². The molecule has 0 aromatic heterocycles. The Morgan fingerprint density at radius 3 is 2.42 bits per heavy atom. The van der Waals surface area contributed by atoms with E-state index in [1.807, 2.05) is 23.1 Å². The maximum Gasteiger partial charge on any atom is 0.223 e. The van der Waals surface area contributed by atoms with Crippen molar-refractivity contribution in [2.75, 3.05) is 27.2 Å². The summed E-state index contributed by atoms with van der Waals surface area (Å²) in [6, 6.07) is 14.5. The van der Waals surface area contributed by atoms with Crippen LogP contribution in [0.5, 0.6) is 5.75 Å². The van der Waals surface area contributed by atoms with Crippen LogP contribution in [0.1, 0.15) is 35.1 Å². The van der Waals surface area contributed by atoms with Crippen molar-refractivity contribution >= 4 is 35.8 Å². The van der Waals surface area contributed by atoms with Crippen molar-refractivity contribution < 1.29 is 9.53 Å². The predicted molar refractivity (Wildman–Crippen MR) is 136 cm³/mol. The fourth-order valence-corrected chi connectivity index (χ4v) is 3.75. The SMILES string of the molecule is CN=C(NCCCC(=O)N1Cc2ccccc2C1)NCCc1cc(C)ccc1OC.I. The number of aryl methyl sites for hydroxylation is 1. The lowest BCUT2D eigenvalue weighted by atomic mass is 10.1. The van der Waals surface area contributed by atoms with E-state index < -0.39 is 0 Å². The molecule has 0 spiro atoms. The first-order valence-corrected chi connectivity index (χ1v) is 10.5. The Hall–Kier alpha value is -2.29. The number of ether oxygens (including phenoxy) is 1. The summed E-state index contributed by atoms with van der Waals surface area (Å²) in [5, 5.41) is 6.63. The minimum atomic E-state index is 0. The van der Waals surface area contributed by atoms with Crippen molar-refractivity contribution in [1.29, 1.82) is 0 Å². The molecular weight excluding hydrogens is 503 g/mol. The first kappa shape index (κ1) is 25.0. The Kier molecular flexibility index (Phi) is 10.1. The maximum absolute atomic E-state index is 12.5. The Bertz CT molecular complexity index is 876. The van der Waals surface area contributed by atoms with E-state index in [4.69, 9.17) is 4.74 Å². The summed E-state index contributed by atoms with van der Waals surface area (Å²) < 4.78 is 5.44. The van der Waals surface area contributed by atoms with E-state index in [-0.39, 0.29) is 29.9 Å². The molecule has 6 nitrogen and oxygen atoms in total. The fraction of sp³-hybridized carbons (Fsp3) is 0.417. The normalized spacial score (nSPS) is 12.7. The molecule has 0 bridgehead atoms. The molecule has 2 N–H and O–H groups in total. The zero-order valence-electron chi connectivity index (χ0n) is 18.6. The smallest absolute Gasteiger partial charge is 0.223 e. The Balaban J connectivity index is 0.00000341. The second-order valence-electron chi connectivity index (χ2n) is 7.61. The zero-order valence-corrected chi connectivity index (χ0v) is 20.9. The molecule has 0 saturated heterocycles. The molecule has 31 heavy (non-hydrogen) atoms. The van der Waals surface area contributed by atoms with Crippen LogP contribution in [0, 0.1) is 6.92 Å². The topological polar surface area (TPSA) is 66.0 Å². The molecule has 0 unspecified atom stereocenters. The highest BCUT2D eigenvalue weighted by molar-refractivity contribution is 14.0. The number of amides is 1. The number of aliphatic imine (C=N–C) groups is 1. The third-order valence-corrected chi connectivity index (χ3v) is 5.40. The lowest BCUT2D eigenvalue weighted by molar-refractivity contribution is -0.131. The Labute approximate surface area is 202 Å². The molecule has 1 heterocycles. The highest BCUT2D eigenvalue weighted by atomic mass is 127. The molecule has 0 radical (unpaired) electrons. The van der Waals surface area contributed by atoms with Crippen LogP contribution in [0.25, 0.3) is 0 Å². The largest absolute Gasteiger partial charge is 0.496 e. The highest BCUT2D eigenvalue weighted by Crippen LogP contribution is 2.23. The molecule has 168 valence electrons. The molecule has 0 aliphatic carbocycles. The van der Waals surface area contributed by atoms with Gasteiger partial charge in [0.2, 0.25) is 5.91 Å². The lowest BCUT2D eigenvalue weighted by Gasteiger charge is -2.16. The molecule has 2 aromatic carbocycles. The summed E-state index contributed by atoms with van der Waals surface area (Å²) >= 11 is 0. The van der Waals surface area contributed by atoms with E-state index in [1.54, 1.807) is 14.2 Å². The molecule has 0 atom stereocenters. The molecular formula is C24H33IN4O2. The van der Waals surface area contributed by atoms with Gasteiger partial charge >= 0.3 is 0 Å². The van der Waals surface area contributed by atoms with Crippen LogP contribution >= 0.6 is 24.0 Å². The van der Waals surface area contributed by atoms with Gasteiger partial charge in [-0.05, 0) is 42.5 Å². The van der Waals surface area contributed by atoms with Gasteiger partial charge < -0.3 is 20.3 Å². The monoisotopic (exact) mass is 536 g/mol. The van der Waals surface area contributed by atoms with E-state index in [0.29, 0.717) is 13.0 Å². The second-order valence-corrected chi connectivity index (χ2v) is 7.61. The predicted octanol–water partition coefficient (Wildman–Crippen LogP) is 3.65. The van der Waals surface area contributed by atoms with Gasteiger partial charge in [0.25, 0.3) is 0 Å². The average Bonchev–Trinajstić information content (AvgIpc) is 3.20. The number of nitrogens with zero attached hydrogens (tertiary/aromatic N) is 2. The van der Waals surface area contributed by atoms with Gasteiger partial charge in [0.15, 0.2) is 5.96 Å². The summed E-state index contributed by atoms with van der Waals surface area (Å²) in [5.41, 5.74) is 4.93. The quantitative estimate of drug-likeness (QED) is 0.234. The minimum absolute atomic E-state index is 0. The summed E-state index contributed by atoms with van der Waals surface area (Å²) in [5.74, 6) is 1.87. The standard InChI is InChI=1S/C24H32N4O2.HI/c1-18-10-11-22(30-3)19(15-18)12-14-27-24(25-2)26-13-6-9-23(29)28-16-20-7-4-5-8-21(20)17-28;/h4-5,7-8,10-11,15H,6,9,12-14,16-17H2,1-3H3,(H2,25,26,27);1H. The van der Waals surface area contributed by atoms with Crippen molar-refractivity contribution in [3.8, 4) is 5.75 Å². The summed E-state index contributed by atoms with van der Waals surface area (Å²) in [7, 11) is 3.46. The van der Waals surface area contributed by atoms with Crippen molar-refractivity contribution in [1.82, 2.24) is 15.5 Å². The van der Waals surface area contributed by atoms with Gasteiger partial charge in [0.05, 0.1) is 7.11 Å². The van der Waals surface area contributed by atoms with Crippen molar-refractivity contribution in [3.05, 3.63) is 64.7 Å². The van der Waals surface area contributed by atoms with Gasteiger partial charge in [-0.15, -0.1) is 24.0 Å². The summed E-state index contributed by atoms with van der Waals surface area (Å²) in [4.78, 5) is 18.7. The van der Waals surface area contributed by atoms with E-state index >= 15 is 0 Å². The first-order valence-electron chi connectivity index (χ1n) is 10.5. The molecule has 7 heteroatoms. The number of benzene rings is 2. The Morgan fingerprint density at radius 2 is 1.77 bits per heavy atom. The molecule has 0 saturated carbocycles. The van der Waals surface area contributed by atoms with Crippen LogP contribution in [0.3, 0.4) is 0 Å². The van der Waals surface area contributed by atoms with Crippen LogP contribution in [0.4, 0.5) is 0 Å². The zero-order chi connectivity index (χ0) is 21.3. The van der Waals surface area contributed by atoms with Gasteiger partial charge in [0.1, 0.15) is 5.75 Å².